The molecule has 31 heavy (non-hydrogen) atoms. The Hall–Kier alpha value is -2.46. The van der Waals surface area contributed by atoms with Crippen molar-refractivity contribution in [3.05, 3.63) is 46.2 Å². The van der Waals surface area contributed by atoms with Gasteiger partial charge in [-0.2, -0.15) is 0 Å². The van der Waals surface area contributed by atoms with Crippen LogP contribution >= 0.6 is 11.3 Å². The maximum atomic E-state index is 13.2. The highest BCUT2D eigenvalue weighted by Crippen LogP contribution is 2.32. The second-order valence-electron chi connectivity index (χ2n) is 7.80. The highest BCUT2D eigenvalue weighted by atomic mass is 32.2. The molecule has 2 atom stereocenters. The first kappa shape index (κ1) is 21.8. The van der Waals surface area contributed by atoms with E-state index in [1.165, 1.54) is 40.8 Å². The molecule has 0 spiro atoms. The number of hydrogen-bond donors (Lipinski definition) is 1. The molecule has 10 heteroatoms. The lowest BCUT2D eigenvalue weighted by atomic mass is 9.84. The zero-order valence-electron chi connectivity index (χ0n) is 17.0. The lowest BCUT2D eigenvalue weighted by Gasteiger charge is -2.27. The molecule has 0 saturated heterocycles. The Labute approximate surface area is 185 Å². The van der Waals surface area contributed by atoms with Crippen LogP contribution in [0.15, 0.2) is 39.7 Å². The largest absolute Gasteiger partial charge is 0.309 e. The van der Waals surface area contributed by atoms with Crippen LogP contribution in [-0.2, 0) is 15.6 Å². The molecule has 4 rings (SSSR count). The monoisotopic (exact) mass is 462 g/mol. The Kier molecular flexibility index (Phi) is 6.57. The summed E-state index contributed by atoms with van der Waals surface area (Å²) in [4.78, 5) is 35.2. The molecule has 0 aliphatic heterocycles. The van der Waals surface area contributed by atoms with Gasteiger partial charge in [0.25, 0.3) is 5.56 Å². The van der Waals surface area contributed by atoms with E-state index in [0.29, 0.717) is 27.5 Å². The Balaban J connectivity index is 1.70. The summed E-state index contributed by atoms with van der Waals surface area (Å²) >= 11 is 1.19. The van der Waals surface area contributed by atoms with Crippen molar-refractivity contribution >= 4 is 44.1 Å². The van der Waals surface area contributed by atoms with Gasteiger partial charge in [-0.05, 0) is 24.5 Å². The first-order valence-corrected chi connectivity index (χ1v) is 12.6. The number of pyridine rings is 1. The zero-order chi connectivity index (χ0) is 22.0. The van der Waals surface area contributed by atoms with E-state index in [2.05, 4.69) is 15.3 Å². The summed E-state index contributed by atoms with van der Waals surface area (Å²) in [6, 6.07) is 1.84. The lowest BCUT2D eigenvalue weighted by Crippen LogP contribution is -2.35. The maximum absolute atomic E-state index is 13.2. The second kappa shape index (κ2) is 9.35. The molecule has 0 bridgehead atoms. The van der Waals surface area contributed by atoms with Crippen LogP contribution in [0.1, 0.15) is 44.6 Å². The van der Waals surface area contributed by atoms with Gasteiger partial charge in [-0.3, -0.25) is 18.4 Å². The number of anilines is 1. The Bertz CT molecular complexity index is 1170. The first-order chi connectivity index (χ1) is 14.9. The summed E-state index contributed by atoms with van der Waals surface area (Å²) in [5.74, 6) is -0.328. The highest BCUT2D eigenvalue weighted by Gasteiger charge is 2.28. The fourth-order valence-electron chi connectivity index (χ4n) is 4.07. The number of thiophene rings is 1. The second-order valence-corrected chi connectivity index (χ2v) is 10.0. The molecule has 0 radical (unpaired) electrons. The van der Waals surface area contributed by atoms with Crippen molar-refractivity contribution in [2.75, 3.05) is 11.6 Å². The Morgan fingerprint density at radius 2 is 2.10 bits per heavy atom. The van der Waals surface area contributed by atoms with Crippen LogP contribution in [0.4, 0.5) is 10.2 Å². The molecule has 7 nitrogen and oxygen atoms in total. The number of halogens is 1. The van der Waals surface area contributed by atoms with E-state index in [4.69, 9.17) is 0 Å². The van der Waals surface area contributed by atoms with Gasteiger partial charge in [-0.1, -0.05) is 32.1 Å². The molecule has 3 aromatic heterocycles. The van der Waals surface area contributed by atoms with Crippen LogP contribution in [0.2, 0.25) is 0 Å². The molecule has 2 unspecified atom stereocenters. The normalized spacial score (nSPS) is 16.8. The van der Waals surface area contributed by atoms with Gasteiger partial charge < -0.3 is 5.32 Å². The van der Waals surface area contributed by atoms with Gasteiger partial charge in [0.1, 0.15) is 27.9 Å². The number of nitrogens with zero attached hydrogens (tertiary/aromatic N) is 3. The predicted molar refractivity (Wildman–Crippen MR) is 119 cm³/mol. The topological polar surface area (TPSA) is 94.0 Å². The summed E-state index contributed by atoms with van der Waals surface area (Å²) in [6.07, 6.45) is 9.90. The van der Waals surface area contributed by atoms with Crippen molar-refractivity contribution in [1.82, 2.24) is 14.5 Å². The maximum Gasteiger partial charge on any atom is 0.272 e. The Morgan fingerprint density at radius 1 is 1.32 bits per heavy atom. The van der Waals surface area contributed by atoms with E-state index >= 15 is 0 Å². The quantitative estimate of drug-likeness (QED) is 0.600. The molecular weight excluding hydrogens is 439 g/mol. The molecular formula is C21H23FN4O3S2. The summed E-state index contributed by atoms with van der Waals surface area (Å²) < 4.78 is 26.8. The van der Waals surface area contributed by atoms with Gasteiger partial charge in [0, 0.05) is 11.6 Å². The van der Waals surface area contributed by atoms with E-state index < -0.39 is 22.7 Å². The standard InChI is InChI=1S/C21H23FN4O3S2/c1-31(29)16-11-30-19-18(16)24-12-26(21(19)28)15(9-13-5-3-2-4-6-13)20(27)25-17-8-7-14(22)10-23-17/h7-8,10-13,15H,2-6,9H2,1H3,(H,23,25,27). The molecule has 1 amide bonds. The third kappa shape index (κ3) is 4.74. The molecule has 3 heterocycles. The van der Waals surface area contributed by atoms with Gasteiger partial charge in [0.2, 0.25) is 5.91 Å². The minimum atomic E-state index is -1.26. The van der Waals surface area contributed by atoms with E-state index in [0.717, 1.165) is 31.9 Å². The van der Waals surface area contributed by atoms with Gasteiger partial charge in [-0.15, -0.1) is 11.3 Å². The van der Waals surface area contributed by atoms with E-state index in [1.807, 2.05) is 0 Å². The number of carbonyl (C=O) groups excluding carboxylic acids is 1. The number of carbonyl (C=O) groups is 1. The number of fused-ring (bicyclic) bond motifs is 1. The number of rotatable bonds is 6. The summed E-state index contributed by atoms with van der Waals surface area (Å²) in [5, 5.41) is 4.39. The van der Waals surface area contributed by atoms with Gasteiger partial charge in [0.05, 0.1) is 28.2 Å². The van der Waals surface area contributed by atoms with Crippen LogP contribution in [0.5, 0.6) is 0 Å². The van der Waals surface area contributed by atoms with Gasteiger partial charge in [0.15, 0.2) is 0 Å². The zero-order valence-corrected chi connectivity index (χ0v) is 18.7. The van der Waals surface area contributed by atoms with Crippen molar-refractivity contribution in [2.24, 2.45) is 5.92 Å². The third-order valence-corrected chi connectivity index (χ3v) is 7.72. The lowest BCUT2D eigenvalue weighted by molar-refractivity contribution is -0.120. The number of aromatic nitrogens is 3. The Morgan fingerprint density at radius 3 is 2.77 bits per heavy atom. The number of nitrogens with one attached hydrogen (secondary N) is 1. The molecule has 1 aliphatic rings. The van der Waals surface area contributed by atoms with Crippen LogP contribution in [-0.4, -0.2) is 30.9 Å². The minimum absolute atomic E-state index is 0.224. The average molecular weight is 463 g/mol. The molecule has 164 valence electrons. The molecule has 1 aliphatic carbocycles. The van der Waals surface area contributed by atoms with Crippen LogP contribution < -0.4 is 10.9 Å². The smallest absolute Gasteiger partial charge is 0.272 e. The average Bonchev–Trinajstić information content (AvgIpc) is 3.20. The van der Waals surface area contributed by atoms with E-state index in [1.54, 1.807) is 11.6 Å². The molecule has 3 aromatic rings. The van der Waals surface area contributed by atoms with Gasteiger partial charge >= 0.3 is 0 Å². The third-order valence-electron chi connectivity index (χ3n) is 5.68. The van der Waals surface area contributed by atoms with Crippen LogP contribution in [0.3, 0.4) is 0 Å². The van der Waals surface area contributed by atoms with E-state index in [9.17, 15) is 18.2 Å². The SMILES string of the molecule is CS(=O)c1csc2c(=O)n(C(CC3CCCCC3)C(=O)Nc3ccc(F)cn3)cnc12. The van der Waals surface area contributed by atoms with Crippen molar-refractivity contribution in [1.29, 1.82) is 0 Å². The van der Waals surface area contributed by atoms with Crippen molar-refractivity contribution in [2.45, 2.75) is 49.5 Å². The predicted octanol–water partition coefficient (Wildman–Crippen LogP) is 3.88. The van der Waals surface area contributed by atoms with Crippen molar-refractivity contribution in [3.63, 3.8) is 0 Å². The van der Waals surface area contributed by atoms with Gasteiger partial charge in [-0.25, -0.2) is 14.4 Å². The molecule has 1 N–H and O–H groups in total. The minimum Gasteiger partial charge on any atom is -0.309 e. The molecule has 0 aromatic carbocycles. The van der Waals surface area contributed by atoms with Crippen LogP contribution in [0, 0.1) is 11.7 Å². The fraction of sp³-hybridized carbons (Fsp3) is 0.429. The number of hydrogen-bond acceptors (Lipinski definition) is 6. The highest BCUT2D eigenvalue weighted by molar-refractivity contribution is 7.84. The van der Waals surface area contributed by atoms with Crippen molar-refractivity contribution < 1.29 is 13.4 Å². The molecule has 1 fully saturated rings. The first-order valence-electron chi connectivity index (χ1n) is 10.2. The number of amides is 1. The van der Waals surface area contributed by atoms with Crippen molar-refractivity contribution in [3.8, 4) is 0 Å². The van der Waals surface area contributed by atoms with Crippen LogP contribution in [0.25, 0.3) is 10.2 Å². The fourth-order valence-corrected chi connectivity index (χ4v) is 6.07. The molecule has 1 saturated carbocycles. The summed E-state index contributed by atoms with van der Waals surface area (Å²) in [5.41, 5.74) is 0.0961. The van der Waals surface area contributed by atoms with E-state index in [-0.39, 0.29) is 17.3 Å². The summed E-state index contributed by atoms with van der Waals surface area (Å²) in [6.45, 7) is 0. The summed E-state index contributed by atoms with van der Waals surface area (Å²) in [7, 11) is -1.26.